The van der Waals surface area contributed by atoms with Crippen LogP contribution in [-0.4, -0.2) is 27.2 Å². The molecule has 0 unspecified atom stereocenters. The summed E-state index contributed by atoms with van der Waals surface area (Å²) in [6.07, 6.45) is 3.37. The maximum Gasteiger partial charge on any atom is 0.240 e. The highest BCUT2D eigenvalue weighted by Crippen LogP contribution is 2.74. The van der Waals surface area contributed by atoms with Gasteiger partial charge in [-0.15, -0.1) is 0 Å². The van der Waals surface area contributed by atoms with E-state index in [9.17, 15) is 8.42 Å². The molecule has 5 heteroatoms. The Morgan fingerprint density at radius 3 is 2.57 bits per heavy atom. The van der Waals surface area contributed by atoms with E-state index >= 15 is 0 Å². The molecule has 23 heavy (non-hydrogen) atoms. The summed E-state index contributed by atoms with van der Waals surface area (Å²) in [5.74, 6) is 0.671. The van der Waals surface area contributed by atoms with Crippen molar-refractivity contribution in [1.29, 1.82) is 0 Å². The van der Waals surface area contributed by atoms with Crippen LogP contribution in [0.2, 0.25) is 0 Å². The molecular weight excluding hydrogens is 310 g/mol. The molecule has 0 spiro atoms. The Labute approximate surface area is 138 Å². The third-order valence-electron chi connectivity index (χ3n) is 7.26. The molecule has 126 valence electrons. The molecule has 0 radical (unpaired) electrons. The van der Waals surface area contributed by atoms with Gasteiger partial charge >= 0.3 is 0 Å². The fraction of sp³-hybridized carbons (Fsp3) is 0.667. The molecule has 1 saturated heterocycles. The van der Waals surface area contributed by atoms with Crippen molar-refractivity contribution in [2.24, 2.45) is 16.7 Å². The zero-order chi connectivity index (χ0) is 16.5. The van der Waals surface area contributed by atoms with Crippen LogP contribution in [0.3, 0.4) is 0 Å². The highest BCUT2D eigenvalue weighted by Gasteiger charge is 2.75. The van der Waals surface area contributed by atoms with Crippen LogP contribution in [0.1, 0.15) is 38.7 Å². The molecule has 1 aromatic carbocycles. The predicted octanol–water partition coefficient (Wildman–Crippen LogP) is 2.87. The van der Waals surface area contributed by atoms with Gasteiger partial charge < -0.3 is 4.74 Å². The Morgan fingerprint density at radius 2 is 1.96 bits per heavy atom. The summed E-state index contributed by atoms with van der Waals surface area (Å²) >= 11 is 0. The standard InChI is InChI=1S/C18H25NO3S/c1-13-4-6-15(7-5-13)23(20,21)19-11-18-10-14-8-9-17(18,3)16(14,2)12-22-18/h4-7,14,19H,8-12H2,1-3H3/t14-,16+,17+,18+/m1/s1. The molecule has 0 amide bonds. The minimum Gasteiger partial charge on any atom is -0.372 e. The zero-order valence-corrected chi connectivity index (χ0v) is 14.9. The van der Waals surface area contributed by atoms with E-state index in [0.29, 0.717) is 17.4 Å². The Morgan fingerprint density at radius 1 is 1.26 bits per heavy atom. The summed E-state index contributed by atoms with van der Waals surface area (Å²) in [5.41, 5.74) is 1.02. The number of benzene rings is 1. The SMILES string of the molecule is Cc1ccc(S(=O)(=O)NC[C@@]23C[C@H]4CC[C@@]2(C)[C@@]4(C)CO3)cc1. The van der Waals surface area contributed by atoms with Crippen LogP contribution >= 0.6 is 0 Å². The normalized spacial score (nSPS) is 41.6. The maximum atomic E-state index is 12.6. The quantitative estimate of drug-likeness (QED) is 0.920. The Bertz CT molecular complexity index is 744. The second-order valence-electron chi connectivity index (χ2n) is 8.11. The van der Waals surface area contributed by atoms with Gasteiger partial charge in [0.05, 0.1) is 17.1 Å². The molecule has 4 rings (SSSR count). The van der Waals surface area contributed by atoms with E-state index in [0.717, 1.165) is 25.0 Å². The molecule has 2 aliphatic carbocycles. The first-order valence-electron chi connectivity index (χ1n) is 8.43. The van der Waals surface area contributed by atoms with Crippen LogP contribution in [0.15, 0.2) is 29.2 Å². The number of ether oxygens (including phenoxy) is 1. The molecule has 3 fully saturated rings. The number of nitrogens with one attached hydrogen (secondary N) is 1. The fourth-order valence-corrected chi connectivity index (χ4v) is 6.41. The Hall–Kier alpha value is -0.910. The van der Waals surface area contributed by atoms with Crippen LogP contribution in [0, 0.1) is 23.7 Å². The number of aryl methyl sites for hydroxylation is 1. The minimum absolute atomic E-state index is 0.0838. The Balaban J connectivity index is 1.57. The number of hydrogen-bond donors (Lipinski definition) is 1. The van der Waals surface area contributed by atoms with Gasteiger partial charge in [-0.1, -0.05) is 31.5 Å². The molecule has 4 atom stereocenters. The molecule has 3 aliphatic rings. The molecule has 4 bridgehead atoms. The van der Waals surface area contributed by atoms with Crippen LogP contribution in [0.4, 0.5) is 0 Å². The second-order valence-corrected chi connectivity index (χ2v) is 9.88. The van der Waals surface area contributed by atoms with Crippen molar-refractivity contribution >= 4 is 10.0 Å². The first kappa shape index (κ1) is 15.6. The molecule has 2 saturated carbocycles. The average Bonchev–Trinajstić information content (AvgIpc) is 2.97. The first-order valence-corrected chi connectivity index (χ1v) is 9.91. The van der Waals surface area contributed by atoms with Crippen LogP contribution in [0.25, 0.3) is 0 Å². The van der Waals surface area contributed by atoms with E-state index < -0.39 is 10.0 Å². The maximum absolute atomic E-state index is 12.6. The average molecular weight is 335 g/mol. The summed E-state index contributed by atoms with van der Waals surface area (Å²) in [6.45, 7) is 7.72. The third-order valence-corrected chi connectivity index (χ3v) is 8.68. The molecule has 0 aromatic heterocycles. The summed E-state index contributed by atoms with van der Waals surface area (Å²) in [6, 6.07) is 6.98. The summed E-state index contributed by atoms with van der Waals surface area (Å²) < 4.78 is 34.2. The van der Waals surface area contributed by atoms with E-state index in [2.05, 4.69) is 18.6 Å². The monoisotopic (exact) mass is 335 g/mol. The highest BCUT2D eigenvalue weighted by atomic mass is 32.2. The lowest BCUT2D eigenvalue weighted by atomic mass is 9.66. The van der Waals surface area contributed by atoms with Gasteiger partial charge in [0.25, 0.3) is 0 Å². The van der Waals surface area contributed by atoms with Gasteiger partial charge in [0, 0.05) is 17.4 Å². The van der Waals surface area contributed by atoms with Crippen LogP contribution in [-0.2, 0) is 14.8 Å². The van der Waals surface area contributed by atoms with E-state index in [-0.39, 0.29) is 16.4 Å². The predicted molar refractivity (Wildman–Crippen MR) is 88.6 cm³/mol. The highest BCUT2D eigenvalue weighted by molar-refractivity contribution is 7.89. The molecule has 1 aliphatic heterocycles. The summed E-state index contributed by atoms with van der Waals surface area (Å²) in [4.78, 5) is 0.327. The Kier molecular flexibility index (Phi) is 3.11. The molecular formula is C18H25NO3S. The number of sulfonamides is 1. The van der Waals surface area contributed by atoms with Gasteiger partial charge in [-0.25, -0.2) is 13.1 Å². The minimum atomic E-state index is -3.49. The number of rotatable bonds is 4. The summed E-state index contributed by atoms with van der Waals surface area (Å²) in [7, 11) is -3.49. The van der Waals surface area contributed by atoms with Crippen molar-refractivity contribution in [3.63, 3.8) is 0 Å². The van der Waals surface area contributed by atoms with Gasteiger partial charge in [0.2, 0.25) is 10.0 Å². The lowest BCUT2D eigenvalue weighted by Crippen LogP contribution is -2.51. The van der Waals surface area contributed by atoms with Gasteiger partial charge in [0.1, 0.15) is 0 Å². The van der Waals surface area contributed by atoms with Crippen molar-refractivity contribution in [1.82, 2.24) is 4.72 Å². The first-order chi connectivity index (χ1) is 10.7. The second kappa shape index (κ2) is 4.58. The van der Waals surface area contributed by atoms with Crippen molar-refractivity contribution in [2.45, 2.75) is 50.5 Å². The molecule has 1 heterocycles. The number of hydrogen-bond acceptors (Lipinski definition) is 3. The zero-order valence-electron chi connectivity index (χ0n) is 14.1. The van der Waals surface area contributed by atoms with Crippen molar-refractivity contribution in [3.05, 3.63) is 29.8 Å². The van der Waals surface area contributed by atoms with E-state index in [1.54, 1.807) is 12.1 Å². The van der Waals surface area contributed by atoms with Gasteiger partial charge in [-0.05, 0) is 44.2 Å². The summed E-state index contributed by atoms with van der Waals surface area (Å²) in [5, 5.41) is 0. The van der Waals surface area contributed by atoms with Crippen LogP contribution in [0.5, 0.6) is 0 Å². The van der Waals surface area contributed by atoms with Gasteiger partial charge in [-0.2, -0.15) is 0 Å². The van der Waals surface area contributed by atoms with E-state index in [1.807, 2.05) is 19.1 Å². The fourth-order valence-electron chi connectivity index (χ4n) is 5.33. The lowest BCUT2D eigenvalue weighted by molar-refractivity contribution is -0.0784. The lowest BCUT2D eigenvalue weighted by Gasteiger charge is -2.41. The van der Waals surface area contributed by atoms with Gasteiger partial charge in [0.15, 0.2) is 0 Å². The smallest absolute Gasteiger partial charge is 0.240 e. The van der Waals surface area contributed by atoms with E-state index in [4.69, 9.17) is 4.74 Å². The van der Waals surface area contributed by atoms with Crippen molar-refractivity contribution < 1.29 is 13.2 Å². The largest absolute Gasteiger partial charge is 0.372 e. The van der Waals surface area contributed by atoms with Gasteiger partial charge in [-0.3, -0.25) is 0 Å². The molecule has 1 N–H and O–H groups in total. The van der Waals surface area contributed by atoms with Crippen LogP contribution < -0.4 is 4.72 Å². The van der Waals surface area contributed by atoms with Crippen molar-refractivity contribution in [2.75, 3.05) is 13.2 Å². The molecule has 4 nitrogen and oxygen atoms in total. The third kappa shape index (κ3) is 1.87. The topological polar surface area (TPSA) is 55.4 Å². The molecule has 1 aromatic rings. The van der Waals surface area contributed by atoms with E-state index in [1.165, 1.54) is 6.42 Å². The van der Waals surface area contributed by atoms with Crippen molar-refractivity contribution in [3.8, 4) is 0 Å².